The van der Waals surface area contributed by atoms with Gasteiger partial charge in [-0.15, -0.1) is 0 Å². The summed E-state index contributed by atoms with van der Waals surface area (Å²) in [7, 11) is 0. The monoisotopic (exact) mass is 390 g/mol. The quantitative estimate of drug-likeness (QED) is 0.682. The highest BCUT2D eigenvalue weighted by molar-refractivity contribution is 5.96. The van der Waals surface area contributed by atoms with Crippen LogP contribution in [0.1, 0.15) is 13.8 Å². The van der Waals surface area contributed by atoms with Crippen molar-refractivity contribution in [2.24, 2.45) is 5.92 Å². The third kappa shape index (κ3) is 5.97. The van der Waals surface area contributed by atoms with Crippen molar-refractivity contribution in [3.63, 3.8) is 0 Å². The van der Waals surface area contributed by atoms with E-state index in [-0.39, 0.29) is 5.92 Å². The average Bonchev–Trinajstić information content (AvgIpc) is 2.65. The van der Waals surface area contributed by atoms with E-state index in [1.807, 2.05) is 42.5 Å². The van der Waals surface area contributed by atoms with Crippen molar-refractivity contribution in [3.05, 3.63) is 66.9 Å². The van der Waals surface area contributed by atoms with Crippen molar-refractivity contribution in [2.75, 3.05) is 5.32 Å². The third-order valence-corrected chi connectivity index (χ3v) is 4.00. The predicted molar refractivity (Wildman–Crippen MR) is 102 cm³/mol. The van der Waals surface area contributed by atoms with Gasteiger partial charge >= 0.3 is 6.18 Å². The Morgan fingerprint density at radius 1 is 0.929 bits per heavy atom. The Balaban J connectivity index is 2.02. The van der Waals surface area contributed by atoms with E-state index in [1.54, 1.807) is 26.0 Å². The molecule has 148 valence electrons. The Labute approximate surface area is 161 Å². The molecule has 2 aromatic carbocycles. The largest absolute Gasteiger partial charge is 0.454 e. The summed E-state index contributed by atoms with van der Waals surface area (Å²) in [5, 5.41) is 5.29. The van der Waals surface area contributed by atoms with Crippen molar-refractivity contribution in [2.45, 2.75) is 26.1 Å². The molecule has 1 unspecified atom stereocenters. The lowest BCUT2D eigenvalue weighted by Crippen LogP contribution is -2.42. The van der Waals surface area contributed by atoms with Crippen LogP contribution in [0.4, 0.5) is 18.9 Å². The second-order valence-electron chi connectivity index (χ2n) is 6.52. The summed E-state index contributed by atoms with van der Waals surface area (Å²) >= 11 is 0. The molecule has 1 atom stereocenters. The highest BCUT2D eigenvalue weighted by Crippen LogP contribution is 2.21. The van der Waals surface area contributed by atoms with E-state index < -0.39 is 23.9 Å². The smallest absolute Gasteiger partial charge is 0.379 e. The van der Waals surface area contributed by atoms with Gasteiger partial charge in [0.2, 0.25) is 5.91 Å². The number of anilines is 1. The first-order valence-electron chi connectivity index (χ1n) is 8.68. The summed E-state index contributed by atoms with van der Waals surface area (Å²) in [6, 6.07) is 16.2. The molecule has 0 heterocycles. The van der Waals surface area contributed by atoms with Crippen LogP contribution < -0.4 is 10.6 Å². The zero-order valence-electron chi connectivity index (χ0n) is 15.5. The first-order chi connectivity index (χ1) is 13.2. The van der Waals surface area contributed by atoms with Crippen molar-refractivity contribution in [1.82, 2.24) is 5.32 Å². The number of nitrogens with one attached hydrogen (secondary N) is 2. The van der Waals surface area contributed by atoms with Crippen molar-refractivity contribution < 1.29 is 22.8 Å². The molecule has 2 N–H and O–H groups in total. The molecule has 0 aromatic heterocycles. The SMILES string of the molecule is CC(C)C(NC=CC(=O)C(F)(F)F)C(=O)Nc1ccc(-c2ccccc2)cc1. The molecule has 7 heteroatoms. The highest BCUT2D eigenvalue weighted by Gasteiger charge is 2.36. The van der Waals surface area contributed by atoms with Crippen LogP contribution in [-0.2, 0) is 9.59 Å². The van der Waals surface area contributed by atoms with Crippen LogP contribution in [0.2, 0.25) is 0 Å². The van der Waals surface area contributed by atoms with Gasteiger partial charge in [0.1, 0.15) is 6.04 Å². The molecule has 0 aliphatic heterocycles. The van der Waals surface area contributed by atoms with E-state index in [9.17, 15) is 22.8 Å². The minimum Gasteiger partial charge on any atom is -0.379 e. The predicted octanol–water partition coefficient (Wildman–Crippen LogP) is 4.55. The van der Waals surface area contributed by atoms with Crippen LogP contribution >= 0.6 is 0 Å². The molecular weight excluding hydrogens is 369 g/mol. The number of ketones is 1. The maximum atomic E-state index is 12.5. The Morgan fingerprint density at radius 3 is 2.04 bits per heavy atom. The lowest BCUT2D eigenvalue weighted by atomic mass is 10.0. The maximum absolute atomic E-state index is 12.5. The number of carbonyl (C=O) groups excluding carboxylic acids is 2. The first-order valence-corrected chi connectivity index (χ1v) is 8.68. The van der Waals surface area contributed by atoms with Gasteiger partial charge in [-0.1, -0.05) is 56.3 Å². The van der Waals surface area contributed by atoms with E-state index in [1.165, 1.54) is 0 Å². The molecule has 4 nitrogen and oxygen atoms in total. The fraction of sp³-hybridized carbons (Fsp3) is 0.238. The van der Waals surface area contributed by atoms with Gasteiger partial charge in [-0.3, -0.25) is 9.59 Å². The van der Waals surface area contributed by atoms with Crippen molar-refractivity contribution >= 4 is 17.4 Å². The van der Waals surface area contributed by atoms with Crippen LogP contribution in [0.25, 0.3) is 11.1 Å². The lowest BCUT2D eigenvalue weighted by molar-refractivity contribution is -0.165. The molecule has 28 heavy (non-hydrogen) atoms. The van der Waals surface area contributed by atoms with Crippen LogP contribution in [0.5, 0.6) is 0 Å². The number of alkyl halides is 3. The summed E-state index contributed by atoms with van der Waals surface area (Å²) in [5.74, 6) is -2.61. The molecule has 0 spiro atoms. The summed E-state index contributed by atoms with van der Waals surface area (Å²) in [4.78, 5) is 23.3. The molecule has 0 aliphatic rings. The molecule has 0 aliphatic carbocycles. The Hall–Kier alpha value is -3.09. The Kier molecular flexibility index (Phi) is 6.98. The van der Waals surface area contributed by atoms with Gasteiger partial charge < -0.3 is 10.6 Å². The van der Waals surface area contributed by atoms with Crippen LogP contribution in [-0.4, -0.2) is 23.9 Å². The average molecular weight is 390 g/mol. The van der Waals surface area contributed by atoms with Crippen molar-refractivity contribution in [3.8, 4) is 11.1 Å². The number of rotatable bonds is 7. The van der Waals surface area contributed by atoms with E-state index in [4.69, 9.17) is 0 Å². The molecule has 0 bridgehead atoms. The number of halogens is 3. The van der Waals surface area contributed by atoms with Crippen molar-refractivity contribution in [1.29, 1.82) is 0 Å². The van der Waals surface area contributed by atoms with Gasteiger partial charge in [-0.05, 0) is 29.2 Å². The van der Waals surface area contributed by atoms with Gasteiger partial charge in [-0.25, -0.2) is 0 Å². The maximum Gasteiger partial charge on any atom is 0.454 e. The number of amides is 1. The third-order valence-electron chi connectivity index (χ3n) is 4.00. The molecule has 2 rings (SSSR count). The van der Waals surface area contributed by atoms with Crippen LogP contribution in [0.15, 0.2) is 66.9 Å². The molecule has 0 saturated carbocycles. The normalized spacial score (nSPS) is 12.8. The molecule has 0 fully saturated rings. The van der Waals surface area contributed by atoms with Crippen LogP contribution in [0.3, 0.4) is 0 Å². The number of hydrogen-bond donors (Lipinski definition) is 2. The molecule has 0 radical (unpaired) electrons. The highest BCUT2D eigenvalue weighted by atomic mass is 19.4. The van der Waals surface area contributed by atoms with E-state index in [0.29, 0.717) is 11.8 Å². The second-order valence-corrected chi connectivity index (χ2v) is 6.52. The summed E-state index contributed by atoms with van der Waals surface area (Å²) in [5.41, 5.74) is 2.60. The van der Waals surface area contributed by atoms with Gasteiger partial charge in [-0.2, -0.15) is 13.2 Å². The zero-order chi connectivity index (χ0) is 20.7. The molecular formula is C21H21F3N2O2. The number of allylic oxidation sites excluding steroid dienone is 1. The summed E-state index contributed by atoms with van der Waals surface area (Å²) < 4.78 is 36.7. The van der Waals surface area contributed by atoms with Gasteiger partial charge in [0.25, 0.3) is 5.78 Å². The van der Waals surface area contributed by atoms with Gasteiger partial charge in [0.15, 0.2) is 0 Å². The first kappa shape index (κ1) is 21.2. The molecule has 1 amide bonds. The minimum absolute atomic E-state index is 0.214. The summed E-state index contributed by atoms with van der Waals surface area (Å²) in [6.45, 7) is 3.49. The number of benzene rings is 2. The topological polar surface area (TPSA) is 58.2 Å². The van der Waals surface area contributed by atoms with Crippen LogP contribution in [0, 0.1) is 5.92 Å². The number of hydrogen-bond acceptors (Lipinski definition) is 3. The summed E-state index contributed by atoms with van der Waals surface area (Å²) in [6.07, 6.45) is -3.70. The lowest BCUT2D eigenvalue weighted by Gasteiger charge is -2.20. The van der Waals surface area contributed by atoms with E-state index >= 15 is 0 Å². The zero-order valence-corrected chi connectivity index (χ0v) is 15.5. The van der Waals surface area contributed by atoms with E-state index in [0.717, 1.165) is 17.3 Å². The molecule has 0 saturated heterocycles. The standard InChI is InChI=1S/C21H21F3N2O2/c1-14(2)19(25-13-12-18(27)21(22,23)24)20(28)26-17-10-8-16(9-11-17)15-6-4-3-5-7-15/h3-14,19,25H,1-2H3,(H,26,28). The number of carbonyl (C=O) groups is 2. The second kappa shape index (κ2) is 9.21. The Morgan fingerprint density at radius 2 is 1.50 bits per heavy atom. The Bertz CT molecular complexity index is 829. The fourth-order valence-electron chi connectivity index (χ4n) is 2.49. The van der Waals surface area contributed by atoms with Gasteiger partial charge in [0, 0.05) is 18.0 Å². The molecule has 2 aromatic rings. The minimum atomic E-state index is -4.94. The van der Waals surface area contributed by atoms with E-state index in [2.05, 4.69) is 10.6 Å². The van der Waals surface area contributed by atoms with Gasteiger partial charge in [0.05, 0.1) is 0 Å². The fourth-order valence-corrected chi connectivity index (χ4v) is 2.49.